The van der Waals surface area contributed by atoms with E-state index in [0.717, 1.165) is 28.6 Å². The van der Waals surface area contributed by atoms with Crippen molar-refractivity contribution >= 4 is 44.7 Å². The van der Waals surface area contributed by atoms with Gasteiger partial charge in [0.15, 0.2) is 0 Å². The van der Waals surface area contributed by atoms with Gasteiger partial charge in [0.25, 0.3) is 0 Å². The van der Waals surface area contributed by atoms with Crippen LogP contribution in [0.4, 0.5) is 5.69 Å². The van der Waals surface area contributed by atoms with E-state index in [1.54, 1.807) is 0 Å². The maximum atomic E-state index is 11.8. The third kappa shape index (κ3) is 3.67. The van der Waals surface area contributed by atoms with Gasteiger partial charge in [-0.05, 0) is 40.9 Å². The Labute approximate surface area is 126 Å². The van der Waals surface area contributed by atoms with Gasteiger partial charge in [-0.3, -0.25) is 4.79 Å². The molecular weight excluding hydrogens is 326 g/mol. The summed E-state index contributed by atoms with van der Waals surface area (Å²) in [5.41, 5.74) is 7.37. The van der Waals surface area contributed by atoms with Gasteiger partial charge in [0.05, 0.1) is 6.54 Å². The molecule has 0 aliphatic heterocycles. The first-order valence-corrected chi connectivity index (χ1v) is 7.28. The van der Waals surface area contributed by atoms with Crippen LogP contribution in [0.25, 0.3) is 0 Å². The number of halogens is 1. The molecule has 6 heteroatoms. The Morgan fingerprint density at radius 1 is 1.58 bits per heavy atom. The van der Waals surface area contributed by atoms with Crippen LogP contribution in [-0.2, 0) is 4.79 Å². The lowest BCUT2D eigenvalue weighted by Gasteiger charge is -2.22. The number of nitrogens with zero attached hydrogens (tertiary/aromatic N) is 1. The summed E-state index contributed by atoms with van der Waals surface area (Å²) in [5, 5.41) is 2.96. The summed E-state index contributed by atoms with van der Waals surface area (Å²) < 4.78 is 0.840. The summed E-state index contributed by atoms with van der Waals surface area (Å²) in [6.45, 7) is 0.294. The number of nitrogens with one attached hydrogen (secondary N) is 1. The number of hydrogen-bond donors (Lipinski definition) is 2. The number of thiocarbonyl (C=S) groups is 1. The molecule has 0 bridgehead atoms. The first-order valence-electron chi connectivity index (χ1n) is 6.08. The van der Waals surface area contributed by atoms with Crippen LogP contribution in [0.2, 0.25) is 0 Å². The molecular formula is C13H16BrN3OS. The molecule has 0 aromatic heterocycles. The van der Waals surface area contributed by atoms with Crippen LogP contribution in [0.1, 0.15) is 18.4 Å². The third-order valence-electron chi connectivity index (χ3n) is 2.97. The van der Waals surface area contributed by atoms with Crippen molar-refractivity contribution in [2.45, 2.75) is 18.9 Å². The summed E-state index contributed by atoms with van der Waals surface area (Å²) in [6.07, 6.45) is 2.18. The molecule has 0 unspecified atom stereocenters. The van der Waals surface area contributed by atoms with E-state index in [4.69, 9.17) is 18.0 Å². The molecule has 1 aliphatic rings. The molecule has 3 N–H and O–H groups in total. The third-order valence-corrected chi connectivity index (χ3v) is 3.84. The number of nitrogens with two attached hydrogens (primary N) is 1. The number of carbonyl (C=O) groups excluding carboxylic acids is 1. The van der Waals surface area contributed by atoms with Crippen molar-refractivity contribution in [3.8, 4) is 0 Å². The maximum Gasteiger partial charge on any atom is 0.239 e. The zero-order chi connectivity index (χ0) is 14.0. The van der Waals surface area contributed by atoms with Crippen molar-refractivity contribution in [2.24, 2.45) is 5.73 Å². The summed E-state index contributed by atoms with van der Waals surface area (Å²) in [7, 11) is 1.86. The van der Waals surface area contributed by atoms with Crippen LogP contribution in [-0.4, -0.2) is 30.5 Å². The topological polar surface area (TPSA) is 58.4 Å². The molecule has 1 aromatic rings. The Morgan fingerprint density at radius 2 is 2.26 bits per heavy atom. The fraction of sp³-hybridized carbons (Fsp3) is 0.385. The molecule has 1 aliphatic carbocycles. The lowest BCUT2D eigenvalue weighted by atomic mass is 10.1. The van der Waals surface area contributed by atoms with Gasteiger partial charge in [0.2, 0.25) is 5.91 Å². The number of rotatable bonds is 5. The van der Waals surface area contributed by atoms with Gasteiger partial charge in [-0.25, -0.2) is 0 Å². The molecule has 102 valence electrons. The Balaban J connectivity index is 2.13. The van der Waals surface area contributed by atoms with Crippen LogP contribution in [0, 0.1) is 0 Å². The van der Waals surface area contributed by atoms with Gasteiger partial charge in [0, 0.05) is 28.8 Å². The molecule has 1 fully saturated rings. The molecule has 2 rings (SSSR count). The van der Waals surface area contributed by atoms with Crippen molar-refractivity contribution < 1.29 is 4.79 Å². The average molecular weight is 342 g/mol. The Morgan fingerprint density at radius 3 is 2.84 bits per heavy atom. The summed E-state index contributed by atoms with van der Waals surface area (Å²) in [6, 6.07) is 6.06. The second-order valence-electron chi connectivity index (χ2n) is 4.70. The molecule has 19 heavy (non-hydrogen) atoms. The number of likely N-dealkylation sites (N-methyl/N-ethyl adjacent to an activating group) is 1. The normalized spacial score (nSPS) is 14.0. The van der Waals surface area contributed by atoms with Gasteiger partial charge in [-0.1, -0.05) is 18.3 Å². The lowest BCUT2D eigenvalue weighted by molar-refractivity contribution is -0.119. The first kappa shape index (κ1) is 14.3. The van der Waals surface area contributed by atoms with E-state index in [1.165, 1.54) is 0 Å². The lowest BCUT2D eigenvalue weighted by Crippen LogP contribution is -2.37. The molecule has 0 atom stereocenters. The van der Waals surface area contributed by atoms with Crippen molar-refractivity contribution in [1.82, 2.24) is 5.32 Å². The average Bonchev–Trinajstić information content (AvgIpc) is 3.11. The predicted molar refractivity (Wildman–Crippen MR) is 84.5 cm³/mol. The van der Waals surface area contributed by atoms with Crippen molar-refractivity contribution in [1.29, 1.82) is 0 Å². The fourth-order valence-corrected chi connectivity index (χ4v) is 2.79. The zero-order valence-electron chi connectivity index (χ0n) is 10.6. The van der Waals surface area contributed by atoms with E-state index in [9.17, 15) is 4.79 Å². The summed E-state index contributed by atoms with van der Waals surface area (Å²) >= 11 is 8.51. The van der Waals surface area contributed by atoms with Gasteiger partial charge < -0.3 is 16.0 Å². The smallest absolute Gasteiger partial charge is 0.239 e. The fourth-order valence-electron chi connectivity index (χ4n) is 1.88. The van der Waals surface area contributed by atoms with Crippen LogP contribution in [0.3, 0.4) is 0 Å². The number of hydrogen-bond acceptors (Lipinski definition) is 3. The number of carbonyl (C=O) groups is 1. The van der Waals surface area contributed by atoms with Crippen molar-refractivity contribution in [3.63, 3.8) is 0 Å². The van der Waals surface area contributed by atoms with Crippen molar-refractivity contribution in [2.75, 3.05) is 18.5 Å². The van der Waals surface area contributed by atoms with E-state index in [2.05, 4.69) is 21.2 Å². The Kier molecular flexibility index (Phi) is 4.42. The van der Waals surface area contributed by atoms with Crippen LogP contribution >= 0.6 is 28.1 Å². The largest absolute Gasteiger partial charge is 0.389 e. The highest BCUT2D eigenvalue weighted by Crippen LogP contribution is 2.27. The van der Waals surface area contributed by atoms with Gasteiger partial charge in [-0.2, -0.15) is 0 Å². The SMILES string of the molecule is CN(CC(=O)NC1CC1)c1cccc(Br)c1C(N)=S. The quantitative estimate of drug-likeness (QED) is 0.802. The minimum atomic E-state index is 0.0267. The standard InChI is InChI=1S/C13H16BrN3OS/c1-17(7-11(18)16-8-5-6-8)10-4-2-3-9(14)12(10)13(15)19/h2-4,8H,5-7H2,1H3,(H2,15,19)(H,16,18). The molecule has 0 spiro atoms. The van der Waals surface area contributed by atoms with Gasteiger partial charge >= 0.3 is 0 Å². The van der Waals surface area contributed by atoms with Gasteiger partial charge in [0.1, 0.15) is 4.99 Å². The van der Waals surface area contributed by atoms with Crippen LogP contribution in [0.5, 0.6) is 0 Å². The molecule has 0 heterocycles. The van der Waals surface area contributed by atoms with Crippen LogP contribution in [0.15, 0.2) is 22.7 Å². The number of benzene rings is 1. The highest BCUT2D eigenvalue weighted by atomic mass is 79.9. The van der Waals surface area contributed by atoms with E-state index in [-0.39, 0.29) is 5.91 Å². The van der Waals surface area contributed by atoms with Gasteiger partial charge in [-0.15, -0.1) is 0 Å². The monoisotopic (exact) mass is 341 g/mol. The molecule has 0 saturated heterocycles. The number of amides is 1. The van der Waals surface area contributed by atoms with E-state index >= 15 is 0 Å². The Bertz CT molecular complexity index is 517. The van der Waals surface area contributed by atoms with Crippen LogP contribution < -0.4 is 16.0 Å². The minimum Gasteiger partial charge on any atom is -0.389 e. The molecule has 1 saturated carbocycles. The summed E-state index contributed by atoms with van der Waals surface area (Å²) in [5.74, 6) is 0.0267. The van der Waals surface area contributed by atoms with E-state index in [0.29, 0.717) is 17.6 Å². The second kappa shape index (κ2) is 5.88. The Hall–Kier alpha value is -1.14. The second-order valence-corrected chi connectivity index (χ2v) is 5.99. The maximum absolute atomic E-state index is 11.8. The first-order chi connectivity index (χ1) is 8.99. The highest BCUT2D eigenvalue weighted by molar-refractivity contribution is 9.10. The molecule has 1 amide bonds. The molecule has 1 aromatic carbocycles. The highest BCUT2D eigenvalue weighted by Gasteiger charge is 2.24. The minimum absolute atomic E-state index is 0.0267. The molecule has 4 nitrogen and oxygen atoms in total. The summed E-state index contributed by atoms with van der Waals surface area (Å²) in [4.78, 5) is 14.0. The number of anilines is 1. The molecule has 0 radical (unpaired) electrons. The van der Waals surface area contributed by atoms with E-state index in [1.807, 2.05) is 30.1 Å². The zero-order valence-corrected chi connectivity index (χ0v) is 13.1. The van der Waals surface area contributed by atoms with E-state index < -0.39 is 0 Å². The van der Waals surface area contributed by atoms with Crippen molar-refractivity contribution in [3.05, 3.63) is 28.2 Å². The predicted octanol–water partition coefficient (Wildman–Crippen LogP) is 1.80.